The Morgan fingerprint density at radius 2 is 1.82 bits per heavy atom. The lowest BCUT2D eigenvalue weighted by molar-refractivity contribution is -0.154. The van der Waals surface area contributed by atoms with Gasteiger partial charge < -0.3 is 15.4 Å². The van der Waals surface area contributed by atoms with E-state index < -0.39 is 5.60 Å². The molecule has 0 aliphatic rings. The van der Waals surface area contributed by atoms with Crippen LogP contribution >= 0.6 is 0 Å². The van der Waals surface area contributed by atoms with Crippen molar-refractivity contribution >= 4 is 11.9 Å². The topological polar surface area (TPSA) is 67.4 Å². The fourth-order valence-corrected chi connectivity index (χ4v) is 1.11. The van der Waals surface area contributed by atoms with Gasteiger partial charge in [0.2, 0.25) is 5.91 Å². The SMILES string of the molecule is CCCNC(=O)CNCCC(=O)OC(C)(C)C. The van der Waals surface area contributed by atoms with Crippen molar-refractivity contribution in [1.82, 2.24) is 10.6 Å². The third-order valence-corrected chi connectivity index (χ3v) is 1.78. The lowest BCUT2D eigenvalue weighted by atomic mass is 10.2. The number of ether oxygens (including phenoxy) is 1. The maximum atomic E-state index is 11.3. The molecule has 0 aromatic rings. The number of hydrogen-bond acceptors (Lipinski definition) is 4. The number of rotatable bonds is 7. The number of amides is 1. The minimum Gasteiger partial charge on any atom is -0.460 e. The highest BCUT2D eigenvalue weighted by Crippen LogP contribution is 2.07. The fraction of sp³-hybridized carbons (Fsp3) is 0.833. The maximum Gasteiger partial charge on any atom is 0.307 e. The molecule has 5 nitrogen and oxygen atoms in total. The van der Waals surface area contributed by atoms with Crippen LogP contribution in [0.3, 0.4) is 0 Å². The highest BCUT2D eigenvalue weighted by atomic mass is 16.6. The Labute approximate surface area is 103 Å². The molecule has 0 saturated heterocycles. The van der Waals surface area contributed by atoms with Crippen molar-refractivity contribution in [2.75, 3.05) is 19.6 Å². The summed E-state index contributed by atoms with van der Waals surface area (Å²) in [5.74, 6) is -0.296. The van der Waals surface area contributed by atoms with Gasteiger partial charge in [-0.25, -0.2) is 0 Å². The molecule has 0 fully saturated rings. The summed E-state index contributed by atoms with van der Waals surface area (Å²) in [7, 11) is 0. The summed E-state index contributed by atoms with van der Waals surface area (Å²) in [5.41, 5.74) is -0.449. The highest BCUT2D eigenvalue weighted by molar-refractivity contribution is 5.78. The van der Waals surface area contributed by atoms with Crippen molar-refractivity contribution in [2.45, 2.75) is 46.1 Å². The average Bonchev–Trinajstić information content (AvgIpc) is 2.19. The molecule has 0 aliphatic carbocycles. The summed E-state index contributed by atoms with van der Waals surface area (Å²) < 4.78 is 5.13. The quantitative estimate of drug-likeness (QED) is 0.514. The average molecular weight is 244 g/mol. The first-order valence-electron chi connectivity index (χ1n) is 6.04. The van der Waals surface area contributed by atoms with Crippen LogP contribution in [0.25, 0.3) is 0 Å². The number of carbonyl (C=O) groups is 2. The molecule has 0 atom stereocenters. The van der Waals surface area contributed by atoms with E-state index in [9.17, 15) is 9.59 Å². The van der Waals surface area contributed by atoms with Gasteiger partial charge in [-0.2, -0.15) is 0 Å². The van der Waals surface area contributed by atoms with Crippen molar-refractivity contribution < 1.29 is 14.3 Å². The number of carbonyl (C=O) groups excluding carboxylic acids is 2. The van der Waals surface area contributed by atoms with Crippen LogP contribution in [0.5, 0.6) is 0 Å². The Balaban J connectivity index is 3.51. The van der Waals surface area contributed by atoms with Crippen molar-refractivity contribution in [3.05, 3.63) is 0 Å². The molecule has 100 valence electrons. The molecule has 0 bridgehead atoms. The number of nitrogens with one attached hydrogen (secondary N) is 2. The third kappa shape index (κ3) is 11.2. The van der Waals surface area contributed by atoms with Crippen LogP contribution in [0.4, 0.5) is 0 Å². The Morgan fingerprint density at radius 3 is 2.35 bits per heavy atom. The molecule has 0 aromatic carbocycles. The van der Waals surface area contributed by atoms with Gasteiger partial charge in [-0.1, -0.05) is 6.92 Å². The molecule has 0 radical (unpaired) electrons. The van der Waals surface area contributed by atoms with Crippen molar-refractivity contribution in [2.24, 2.45) is 0 Å². The Kier molecular flexibility index (Phi) is 7.54. The third-order valence-electron chi connectivity index (χ3n) is 1.78. The molecular formula is C12H24N2O3. The van der Waals surface area contributed by atoms with Crippen LogP contribution in [-0.4, -0.2) is 37.1 Å². The monoisotopic (exact) mass is 244 g/mol. The summed E-state index contributed by atoms with van der Waals surface area (Å²) >= 11 is 0. The van der Waals surface area contributed by atoms with Crippen molar-refractivity contribution in [3.63, 3.8) is 0 Å². The summed E-state index contributed by atoms with van der Waals surface area (Å²) in [6.45, 7) is 8.86. The van der Waals surface area contributed by atoms with Crippen LogP contribution in [0, 0.1) is 0 Å². The molecule has 5 heteroatoms. The zero-order valence-corrected chi connectivity index (χ0v) is 11.3. The maximum absolute atomic E-state index is 11.3. The first-order chi connectivity index (χ1) is 7.85. The first kappa shape index (κ1) is 15.9. The van der Waals surface area contributed by atoms with Crippen LogP contribution in [0.1, 0.15) is 40.5 Å². The lowest BCUT2D eigenvalue weighted by Crippen LogP contribution is -2.35. The predicted octanol–water partition coefficient (Wildman–Crippen LogP) is 0.834. The van der Waals surface area contributed by atoms with Gasteiger partial charge in [0, 0.05) is 13.1 Å². The summed E-state index contributed by atoms with van der Waals surface area (Å²) in [5, 5.41) is 5.64. The first-order valence-corrected chi connectivity index (χ1v) is 6.04. The van der Waals surface area contributed by atoms with Gasteiger partial charge in [0.15, 0.2) is 0 Å². The molecule has 0 aliphatic heterocycles. The van der Waals surface area contributed by atoms with E-state index >= 15 is 0 Å². The van der Waals surface area contributed by atoms with Gasteiger partial charge in [-0.15, -0.1) is 0 Å². The van der Waals surface area contributed by atoms with Gasteiger partial charge in [0.05, 0.1) is 13.0 Å². The number of hydrogen-bond donors (Lipinski definition) is 2. The molecule has 0 saturated carbocycles. The van der Waals surface area contributed by atoms with E-state index in [-0.39, 0.29) is 24.8 Å². The zero-order chi connectivity index (χ0) is 13.3. The second-order valence-corrected chi connectivity index (χ2v) is 4.86. The van der Waals surface area contributed by atoms with E-state index in [1.807, 2.05) is 27.7 Å². The van der Waals surface area contributed by atoms with E-state index in [0.717, 1.165) is 6.42 Å². The second kappa shape index (κ2) is 8.06. The van der Waals surface area contributed by atoms with Crippen LogP contribution in [-0.2, 0) is 14.3 Å². The van der Waals surface area contributed by atoms with Gasteiger partial charge in [-0.05, 0) is 27.2 Å². The molecule has 0 heterocycles. The molecule has 1 amide bonds. The second-order valence-electron chi connectivity index (χ2n) is 4.86. The fourth-order valence-electron chi connectivity index (χ4n) is 1.11. The summed E-state index contributed by atoms with van der Waals surface area (Å²) in [6.07, 6.45) is 1.20. The van der Waals surface area contributed by atoms with Gasteiger partial charge in [-0.3, -0.25) is 9.59 Å². The van der Waals surface area contributed by atoms with Gasteiger partial charge in [0.1, 0.15) is 5.60 Å². The van der Waals surface area contributed by atoms with E-state index in [4.69, 9.17) is 4.74 Å². The van der Waals surface area contributed by atoms with Crippen LogP contribution in [0.15, 0.2) is 0 Å². The lowest BCUT2D eigenvalue weighted by Gasteiger charge is -2.19. The molecule has 0 rings (SSSR count). The van der Waals surface area contributed by atoms with Crippen LogP contribution in [0.2, 0.25) is 0 Å². The number of esters is 1. The summed E-state index contributed by atoms with van der Waals surface area (Å²) in [4.78, 5) is 22.5. The van der Waals surface area contributed by atoms with Gasteiger partial charge in [0.25, 0.3) is 0 Å². The normalized spacial score (nSPS) is 11.1. The van der Waals surface area contributed by atoms with E-state index in [2.05, 4.69) is 10.6 Å². The minimum absolute atomic E-state index is 0.0453. The smallest absolute Gasteiger partial charge is 0.307 e. The highest BCUT2D eigenvalue weighted by Gasteiger charge is 2.15. The van der Waals surface area contributed by atoms with Crippen LogP contribution < -0.4 is 10.6 Å². The Morgan fingerprint density at radius 1 is 1.18 bits per heavy atom. The van der Waals surface area contributed by atoms with Crippen molar-refractivity contribution in [3.8, 4) is 0 Å². The zero-order valence-electron chi connectivity index (χ0n) is 11.3. The molecule has 0 aromatic heterocycles. The predicted molar refractivity (Wildman–Crippen MR) is 66.6 cm³/mol. The minimum atomic E-state index is -0.449. The molecule has 2 N–H and O–H groups in total. The standard InChI is InChI=1S/C12H24N2O3/c1-5-7-14-10(15)9-13-8-6-11(16)17-12(2,3)4/h13H,5-9H2,1-4H3,(H,14,15). The molecular weight excluding hydrogens is 220 g/mol. The Bertz CT molecular complexity index is 247. The molecule has 17 heavy (non-hydrogen) atoms. The molecule has 0 spiro atoms. The Hall–Kier alpha value is -1.10. The van der Waals surface area contributed by atoms with E-state index in [1.54, 1.807) is 0 Å². The van der Waals surface area contributed by atoms with E-state index in [1.165, 1.54) is 0 Å². The largest absolute Gasteiger partial charge is 0.460 e. The van der Waals surface area contributed by atoms with E-state index in [0.29, 0.717) is 13.1 Å². The molecule has 0 unspecified atom stereocenters. The van der Waals surface area contributed by atoms with Crippen molar-refractivity contribution in [1.29, 1.82) is 0 Å². The van der Waals surface area contributed by atoms with Gasteiger partial charge >= 0.3 is 5.97 Å². The summed E-state index contributed by atoms with van der Waals surface area (Å²) in [6, 6.07) is 0.